The molecular weight excluding hydrogens is 222 g/mol. The SMILES string of the molecule is COc1ccccc1/C=C(/NC(C)=O)C(=O)O. The topological polar surface area (TPSA) is 75.6 Å². The third-order valence-corrected chi connectivity index (χ3v) is 1.98. The Bertz CT molecular complexity index is 465. The summed E-state index contributed by atoms with van der Waals surface area (Å²) in [6.07, 6.45) is 1.35. The van der Waals surface area contributed by atoms with Crippen LogP contribution in [0, 0.1) is 0 Å². The monoisotopic (exact) mass is 235 g/mol. The van der Waals surface area contributed by atoms with E-state index in [0.717, 1.165) is 0 Å². The third kappa shape index (κ3) is 3.64. The van der Waals surface area contributed by atoms with E-state index in [0.29, 0.717) is 11.3 Å². The van der Waals surface area contributed by atoms with Crippen LogP contribution in [0.4, 0.5) is 0 Å². The Hall–Kier alpha value is -2.30. The van der Waals surface area contributed by atoms with E-state index in [4.69, 9.17) is 9.84 Å². The highest BCUT2D eigenvalue weighted by molar-refractivity contribution is 5.96. The average molecular weight is 235 g/mol. The van der Waals surface area contributed by atoms with Gasteiger partial charge in [0.1, 0.15) is 11.4 Å². The standard InChI is InChI=1S/C12H13NO4/c1-8(14)13-10(12(15)16)7-9-5-3-4-6-11(9)17-2/h3-7H,1-2H3,(H,13,14)(H,15,16)/b10-7+. The Morgan fingerprint density at radius 2 is 2.00 bits per heavy atom. The summed E-state index contributed by atoms with van der Waals surface area (Å²) >= 11 is 0. The minimum Gasteiger partial charge on any atom is -0.496 e. The van der Waals surface area contributed by atoms with Gasteiger partial charge >= 0.3 is 5.97 Å². The van der Waals surface area contributed by atoms with Gasteiger partial charge in [0.2, 0.25) is 5.91 Å². The van der Waals surface area contributed by atoms with Crippen molar-refractivity contribution in [3.63, 3.8) is 0 Å². The first-order valence-electron chi connectivity index (χ1n) is 4.90. The molecule has 1 aromatic carbocycles. The van der Waals surface area contributed by atoms with Crippen LogP contribution in [0.25, 0.3) is 6.08 Å². The van der Waals surface area contributed by atoms with Crippen molar-refractivity contribution in [1.82, 2.24) is 5.32 Å². The molecule has 0 heterocycles. The summed E-state index contributed by atoms with van der Waals surface area (Å²) in [6, 6.07) is 6.93. The molecule has 0 aliphatic carbocycles. The van der Waals surface area contributed by atoms with Crippen molar-refractivity contribution in [3.05, 3.63) is 35.5 Å². The minimum absolute atomic E-state index is 0.193. The molecule has 1 aromatic rings. The molecule has 0 unspecified atom stereocenters. The molecule has 0 fully saturated rings. The number of amides is 1. The number of carbonyl (C=O) groups is 2. The molecule has 5 heteroatoms. The van der Waals surface area contributed by atoms with Crippen LogP contribution in [0.2, 0.25) is 0 Å². The van der Waals surface area contributed by atoms with Gasteiger partial charge in [-0.2, -0.15) is 0 Å². The zero-order valence-corrected chi connectivity index (χ0v) is 9.56. The normalized spacial score (nSPS) is 10.8. The van der Waals surface area contributed by atoms with Gasteiger partial charge in [-0.1, -0.05) is 18.2 Å². The van der Waals surface area contributed by atoms with Crippen LogP contribution in [-0.2, 0) is 9.59 Å². The maximum absolute atomic E-state index is 10.9. The van der Waals surface area contributed by atoms with Crippen molar-refractivity contribution in [2.24, 2.45) is 0 Å². The fraction of sp³-hybridized carbons (Fsp3) is 0.167. The van der Waals surface area contributed by atoms with E-state index in [1.807, 2.05) is 0 Å². The van der Waals surface area contributed by atoms with E-state index in [1.54, 1.807) is 24.3 Å². The fourth-order valence-corrected chi connectivity index (χ4v) is 1.28. The molecule has 5 nitrogen and oxygen atoms in total. The molecule has 90 valence electrons. The van der Waals surface area contributed by atoms with E-state index in [9.17, 15) is 9.59 Å². The minimum atomic E-state index is -1.20. The largest absolute Gasteiger partial charge is 0.496 e. The maximum Gasteiger partial charge on any atom is 0.352 e. The van der Waals surface area contributed by atoms with E-state index in [2.05, 4.69) is 5.32 Å². The zero-order valence-electron chi connectivity index (χ0n) is 9.56. The molecule has 0 aliphatic rings. The molecule has 0 saturated carbocycles. The first-order valence-corrected chi connectivity index (χ1v) is 4.90. The van der Waals surface area contributed by atoms with Crippen molar-refractivity contribution in [1.29, 1.82) is 0 Å². The second-order valence-electron chi connectivity index (χ2n) is 3.29. The van der Waals surface area contributed by atoms with E-state index in [1.165, 1.54) is 20.1 Å². The number of carboxylic acid groups (broad SMARTS) is 1. The Morgan fingerprint density at radius 3 is 2.53 bits per heavy atom. The van der Waals surface area contributed by atoms with Crippen molar-refractivity contribution in [2.75, 3.05) is 7.11 Å². The van der Waals surface area contributed by atoms with Gasteiger partial charge in [-0.05, 0) is 12.1 Å². The summed E-state index contributed by atoms with van der Waals surface area (Å²) in [5.74, 6) is -1.10. The van der Waals surface area contributed by atoms with Crippen LogP contribution >= 0.6 is 0 Å². The number of hydrogen-bond donors (Lipinski definition) is 2. The van der Waals surface area contributed by atoms with Crippen molar-refractivity contribution in [3.8, 4) is 5.75 Å². The molecule has 1 rings (SSSR count). The Kier molecular flexibility index (Phi) is 4.28. The van der Waals surface area contributed by atoms with Gasteiger partial charge in [0.25, 0.3) is 0 Å². The van der Waals surface area contributed by atoms with Crippen LogP contribution in [0.5, 0.6) is 5.75 Å². The van der Waals surface area contributed by atoms with Gasteiger partial charge in [0, 0.05) is 12.5 Å². The molecule has 0 atom stereocenters. The zero-order chi connectivity index (χ0) is 12.8. The number of benzene rings is 1. The van der Waals surface area contributed by atoms with Crippen molar-refractivity contribution < 1.29 is 19.4 Å². The van der Waals surface area contributed by atoms with Gasteiger partial charge in [0.05, 0.1) is 7.11 Å². The number of hydrogen-bond acceptors (Lipinski definition) is 3. The first kappa shape index (κ1) is 12.8. The highest BCUT2D eigenvalue weighted by Crippen LogP contribution is 2.19. The smallest absolute Gasteiger partial charge is 0.352 e. The molecular formula is C12H13NO4. The van der Waals surface area contributed by atoms with Crippen molar-refractivity contribution in [2.45, 2.75) is 6.92 Å². The lowest BCUT2D eigenvalue weighted by Gasteiger charge is -2.06. The quantitative estimate of drug-likeness (QED) is 0.770. The average Bonchev–Trinajstić information content (AvgIpc) is 2.28. The van der Waals surface area contributed by atoms with Crippen LogP contribution in [-0.4, -0.2) is 24.1 Å². The van der Waals surface area contributed by atoms with Crippen LogP contribution < -0.4 is 10.1 Å². The molecule has 0 saturated heterocycles. The van der Waals surface area contributed by atoms with Crippen LogP contribution in [0.1, 0.15) is 12.5 Å². The van der Waals surface area contributed by atoms with E-state index >= 15 is 0 Å². The number of rotatable bonds is 4. The second kappa shape index (κ2) is 5.69. The molecule has 0 aromatic heterocycles. The van der Waals surface area contributed by atoms with Crippen LogP contribution in [0.3, 0.4) is 0 Å². The predicted molar refractivity (Wildman–Crippen MR) is 62.4 cm³/mol. The highest BCUT2D eigenvalue weighted by Gasteiger charge is 2.10. The lowest BCUT2D eigenvalue weighted by atomic mass is 10.1. The number of para-hydroxylation sites is 1. The summed E-state index contributed by atoms with van der Waals surface area (Å²) in [5.41, 5.74) is 0.392. The number of carbonyl (C=O) groups excluding carboxylic acids is 1. The van der Waals surface area contributed by atoms with Crippen LogP contribution in [0.15, 0.2) is 30.0 Å². The fourth-order valence-electron chi connectivity index (χ4n) is 1.28. The number of methoxy groups -OCH3 is 1. The summed E-state index contributed by atoms with van der Waals surface area (Å²) in [5, 5.41) is 11.2. The summed E-state index contributed by atoms with van der Waals surface area (Å²) in [6.45, 7) is 1.25. The number of aliphatic carboxylic acids is 1. The molecule has 2 N–H and O–H groups in total. The van der Waals surface area contributed by atoms with Gasteiger partial charge in [-0.3, -0.25) is 4.79 Å². The van der Waals surface area contributed by atoms with Gasteiger partial charge < -0.3 is 15.2 Å². The lowest BCUT2D eigenvalue weighted by molar-refractivity contribution is -0.134. The predicted octanol–water partition coefficient (Wildman–Crippen LogP) is 1.26. The second-order valence-corrected chi connectivity index (χ2v) is 3.29. The van der Waals surface area contributed by atoms with E-state index < -0.39 is 11.9 Å². The highest BCUT2D eigenvalue weighted by atomic mass is 16.5. The third-order valence-electron chi connectivity index (χ3n) is 1.98. The molecule has 0 radical (unpaired) electrons. The summed E-state index contributed by atoms with van der Waals surface area (Å²) in [7, 11) is 1.49. The van der Waals surface area contributed by atoms with Gasteiger partial charge in [0.15, 0.2) is 0 Å². The van der Waals surface area contributed by atoms with Gasteiger partial charge in [-0.25, -0.2) is 4.79 Å². The molecule has 0 bridgehead atoms. The first-order chi connectivity index (χ1) is 8.04. The Balaban J connectivity index is 3.12. The maximum atomic E-state index is 10.9. The lowest BCUT2D eigenvalue weighted by Crippen LogP contribution is -2.24. The van der Waals surface area contributed by atoms with E-state index in [-0.39, 0.29) is 5.70 Å². The summed E-state index contributed by atoms with van der Waals surface area (Å²) in [4.78, 5) is 21.8. The van der Waals surface area contributed by atoms with Gasteiger partial charge in [-0.15, -0.1) is 0 Å². The molecule has 0 aliphatic heterocycles. The summed E-state index contributed by atoms with van der Waals surface area (Å²) < 4.78 is 5.08. The number of carboxylic acids is 1. The Morgan fingerprint density at radius 1 is 1.35 bits per heavy atom. The molecule has 17 heavy (non-hydrogen) atoms. The number of ether oxygens (including phenoxy) is 1. The van der Waals surface area contributed by atoms with Crippen molar-refractivity contribution >= 4 is 18.0 Å². The number of nitrogens with one attached hydrogen (secondary N) is 1. The Labute approximate surface area is 98.7 Å². The molecule has 0 spiro atoms. The molecule has 1 amide bonds.